The Morgan fingerprint density at radius 3 is 3.03 bits per heavy atom. The van der Waals surface area contributed by atoms with Crippen LogP contribution in [0.5, 0.6) is 0 Å². The van der Waals surface area contributed by atoms with Gasteiger partial charge in [0.15, 0.2) is 5.82 Å². The van der Waals surface area contributed by atoms with E-state index >= 15 is 0 Å². The van der Waals surface area contributed by atoms with E-state index in [-0.39, 0.29) is 30.7 Å². The molecule has 2 aliphatic rings. The van der Waals surface area contributed by atoms with Crippen LogP contribution in [-0.4, -0.2) is 64.3 Å². The standard InChI is InChI=1S/C21H24FN7O2.ClH/c1-13-9-28-11-17(16(22)8-19(28)25-13)26-21(31)29-6-3-15-18(2-4-24-20(15)29)27-7-5-23-14(10-27)12-30;/h2,4,8-9,11,14,23,30H,3,5-7,10,12H2,1H3,(H,26,31);1H/t14-;/m0./s1. The number of anilines is 3. The number of halogens is 2. The molecule has 170 valence electrons. The number of urea groups is 1. The van der Waals surface area contributed by atoms with Crippen LogP contribution in [0.15, 0.2) is 30.7 Å². The number of aliphatic hydroxyl groups is 1. The Hall–Kier alpha value is -2.95. The van der Waals surface area contributed by atoms with Crippen LogP contribution in [0.1, 0.15) is 11.3 Å². The second kappa shape index (κ2) is 8.89. The van der Waals surface area contributed by atoms with Crippen LogP contribution in [-0.2, 0) is 6.42 Å². The first-order chi connectivity index (χ1) is 15.0. The normalized spacial score (nSPS) is 17.9. The first-order valence-corrected chi connectivity index (χ1v) is 10.3. The van der Waals surface area contributed by atoms with E-state index in [1.165, 1.54) is 12.3 Å². The third kappa shape index (κ3) is 3.96. The third-order valence-corrected chi connectivity index (χ3v) is 5.82. The molecular weight excluding hydrogens is 437 g/mol. The Kier molecular flexibility index (Phi) is 6.18. The van der Waals surface area contributed by atoms with Crippen LogP contribution in [0.25, 0.3) is 5.65 Å². The fraction of sp³-hybridized carbons (Fsp3) is 0.381. The van der Waals surface area contributed by atoms with Gasteiger partial charge in [-0.05, 0) is 19.4 Å². The number of carbonyl (C=O) groups is 1. The highest BCUT2D eigenvalue weighted by Gasteiger charge is 2.31. The average Bonchev–Trinajstić information content (AvgIpc) is 3.36. The smallest absolute Gasteiger partial charge is 0.327 e. The monoisotopic (exact) mass is 461 g/mol. The van der Waals surface area contributed by atoms with Gasteiger partial charge < -0.3 is 25.0 Å². The molecule has 0 aliphatic carbocycles. The molecule has 1 fully saturated rings. The lowest BCUT2D eigenvalue weighted by Gasteiger charge is -2.35. The largest absolute Gasteiger partial charge is 0.395 e. The van der Waals surface area contributed by atoms with Crippen molar-refractivity contribution < 1.29 is 14.3 Å². The molecule has 5 rings (SSSR count). The maximum Gasteiger partial charge on any atom is 0.327 e. The second-order valence-corrected chi connectivity index (χ2v) is 7.93. The van der Waals surface area contributed by atoms with E-state index in [1.807, 2.05) is 13.0 Å². The molecule has 1 saturated heterocycles. The highest BCUT2D eigenvalue weighted by atomic mass is 35.5. The van der Waals surface area contributed by atoms with Crippen molar-refractivity contribution >= 4 is 41.3 Å². The number of aromatic nitrogens is 3. The summed E-state index contributed by atoms with van der Waals surface area (Å²) >= 11 is 0. The minimum Gasteiger partial charge on any atom is -0.395 e. The van der Waals surface area contributed by atoms with Crippen molar-refractivity contribution in [1.82, 2.24) is 19.7 Å². The number of fused-ring (bicyclic) bond motifs is 2. The summed E-state index contributed by atoms with van der Waals surface area (Å²) in [5.74, 6) is 0.0532. The Morgan fingerprint density at radius 2 is 2.22 bits per heavy atom. The van der Waals surface area contributed by atoms with Crippen molar-refractivity contribution in [3.05, 3.63) is 47.8 Å². The number of nitrogens with zero attached hydrogens (tertiary/aromatic N) is 5. The zero-order valence-corrected chi connectivity index (χ0v) is 18.4. The topological polar surface area (TPSA) is 98.0 Å². The molecule has 3 aromatic rings. The van der Waals surface area contributed by atoms with Crippen molar-refractivity contribution in [2.24, 2.45) is 0 Å². The minimum atomic E-state index is -0.538. The summed E-state index contributed by atoms with van der Waals surface area (Å²) in [6, 6.07) is 2.85. The van der Waals surface area contributed by atoms with E-state index in [4.69, 9.17) is 0 Å². The van der Waals surface area contributed by atoms with E-state index in [2.05, 4.69) is 25.5 Å². The van der Waals surface area contributed by atoms with E-state index in [0.717, 1.165) is 30.0 Å². The lowest BCUT2D eigenvalue weighted by molar-refractivity contribution is 0.235. The zero-order chi connectivity index (χ0) is 21.5. The lowest BCUT2D eigenvalue weighted by Crippen LogP contribution is -2.52. The van der Waals surface area contributed by atoms with Crippen LogP contribution in [0.4, 0.5) is 26.4 Å². The van der Waals surface area contributed by atoms with Crippen molar-refractivity contribution in [1.29, 1.82) is 0 Å². The molecule has 0 bridgehead atoms. The zero-order valence-electron chi connectivity index (χ0n) is 17.6. The van der Waals surface area contributed by atoms with Gasteiger partial charge in [0.1, 0.15) is 11.5 Å². The van der Waals surface area contributed by atoms with Crippen LogP contribution >= 0.6 is 12.4 Å². The molecule has 5 heterocycles. The summed E-state index contributed by atoms with van der Waals surface area (Å²) in [6.45, 7) is 4.65. The first-order valence-electron chi connectivity index (χ1n) is 10.3. The van der Waals surface area contributed by atoms with Crippen LogP contribution in [0.3, 0.4) is 0 Å². The van der Waals surface area contributed by atoms with Crippen molar-refractivity contribution in [2.45, 2.75) is 19.4 Å². The van der Waals surface area contributed by atoms with E-state index < -0.39 is 11.8 Å². The first kappa shape index (κ1) is 22.3. The van der Waals surface area contributed by atoms with E-state index in [0.29, 0.717) is 31.0 Å². The molecule has 0 radical (unpaired) electrons. The van der Waals surface area contributed by atoms with Gasteiger partial charge in [-0.1, -0.05) is 0 Å². The fourth-order valence-electron chi connectivity index (χ4n) is 4.35. The molecule has 1 atom stereocenters. The predicted octanol–water partition coefficient (Wildman–Crippen LogP) is 1.96. The molecule has 0 spiro atoms. The molecule has 11 heteroatoms. The summed E-state index contributed by atoms with van der Waals surface area (Å²) in [6.07, 6.45) is 5.66. The number of amides is 2. The van der Waals surface area contributed by atoms with Crippen molar-refractivity contribution in [3.63, 3.8) is 0 Å². The molecule has 0 aromatic carbocycles. The van der Waals surface area contributed by atoms with Gasteiger partial charge in [-0.25, -0.2) is 19.2 Å². The van der Waals surface area contributed by atoms with Gasteiger partial charge in [0.2, 0.25) is 0 Å². The molecule has 2 amide bonds. The van der Waals surface area contributed by atoms with E-state index in [1.54, 1.807) is 21.7 Å². The molecule has 9 nitrogen and oxygen atoms in total. The van der Waals surface area contributed by atoms with E-state index in [9.17, 15) is 14.3 Å². The highest BCUT2D eigenvalue weighted by molar-refractivity contribution is 6.03. The van der Waals surface area contributed by atoms with Gasteiger partial charge in [0, 0.05) is 68.1 Å². The molecule has 3 N–H and O–H groups in total. The maximum absolute atomic E-state index is 14.5. The number of hydrogen-bond acceptors (Lipinski definition) is 6. The number of pyridine rings is 2. The van der Waals surface area contributed by atoms with Crippen LogP contribution in [0.2, 0.25) is 0 Å². The third-order valence-electron chi connectivity index (χ3n) is 5.82. The van der Waals surface area contributed by atoms with Gasteiger partial charge in [0.25, 0.3) is 0 Å². The van der Waals surface area contributed by atoms with Gasteiger partial charge in [-0.2, -0.15) is 0 Å². The molecule has 3 aromatic heterocycles. The highest BCUT2D eigenvalue weighted by Crippen LogP contribution is 2.34. The maximum atomic E-state index is 14.5. The van der Waals surface area contributed by atoms with Crippen LogP contribution < -0.4 is 20.4 Å². The molecule has 0 unspecified atom stereocenters. The summed E-state index contributed by atoms with van der Waals surface area (Å²) < 4.78 is 16.2. The molecular formula is C21H25ClFN7O2. The van der Waals surface area contributed by atoms with Crippen molar-refractivity contribution in [2.75, 3.05) is 47.9 Å². The quantitative estimate of drug-likeness (QED) is 0.551. The summed E-state index contributed by atoms with van der Waals surface area (Å²) in [5.41, 5.74) is 3.37. The van der Waals surface area contributed by atoms with Gasteiger partial charge in [0.05, 0.1) is 18.0 Å². The molecule has 0 saturated carbocycles. The molecule has 32 heavy (non-hydrogen) atoms. The summed E-state index contributed by atoms with van der Waals surface area (Å²) in [5, 5.41) is 15.5. The number of hydrogen-bond donors (Lipinski definition) is 3. The summed E-state index contributed by atoms with van der Waals surface area (Å²) in [7, 11) is 0. The SMILES string of the molecule is Cc1cn2cc(NC(=O)N3CCc4c(N5CCN[C@H](CO)C5)ccnc43)c(F)cc2n1.Cl. The number of imidazole rings is 1. The lowest BCUT2D eigenvalue weighted by atomic mass is 10.1. The van der Waals surface area contributed by atoms with Crippen LogP contribution in [0, 0.1) is 12.7 Å². The Bertz CT molecular complexity index is 1150. The number of aryl methyl sites for hydroxylation is 1. The number of piperazine rings is 1. The summed E-state index contributed by atoms with van der Waals surface area (Å²) in [4.78, 5) is 25.4. The number of rotatable bonds is 3. The predicted molar refractivity (Wildman–Crippen MR) is 123 cm³/mol. The van der Waals surface area contributed by atoms with Gasteiger partial charge in [-0.15, -0.1) is 12.4 Å². The van der Waals surface area contributed by atoms with Crippen molar-refractivity contribution in [3.8, 4) is 0 Å². The minimum absolute atomic E-state index is 0. The molecule has 2 aliphatic heterocycles. The second-order valence-electron chi connectivity index (χ2n) is 7.93. The number of nitrogens with one attached hydrogen (secondary N) is 2. The van der Waals surface area contributed by atoms with Gasteiger partial charge >= 0.3 is 6.03 Å². The fourth-order valence-corrected chi connectivity index (χ4v) is 4.35. The average molecular weight is 462 g/mol. The van der Waals surface area contributed by atoms with Gasteiger partial charge in [-0.3, -0.25) is 4.90 Å². The Morgan fingerprint density at radius 1 is 1.38 bits per heavy atom. The Balaban J connectivity index is 0.00000245. The Labute approximate surface area is 190 Å². The number of carbonyl (C=O) groups excluding carboxylic acids is 1. The number of aliphatic hydroxyl groups excluding tert-OH is 1.